The van der Waals surface area contributed by atoms with Crippen LogP contribution in [0.15, 0.2) is 29.3 Å². The Morgan fingerprint density at radius 1 is 1.14 bits per heavy atom. The summed E-state index contributed by atoms with van der Waals surface area (Å²) in [4.78, 5) is 18.9. The van der Waals surface area contributed by atoms with E-state index >= 15 is 0 Å². The summed E-state index contributed by atoms with van der Waals surface area (Å²) < 4.78 is 0. The van der Waals surface area contributed by atoms with Gasteiger partial charge in [-0.15, -0.1) is 0 Å². The fourth-order valence-electron chi connectivity index (χ4n) is 3.99. The number of nitrogens with one attached hydrogen (secondary N) is 3. The lowest BCUT2D eigenvalue weighted by Gasteiger charge is -2.41. The predicted molar refractivity (Wildman–Crippen MR) is 116 cm³/mol. The molecule has 28 heavy (non-hydrogen) atoms. The highest BCUT2D eigenvalue weighted by Gasteiger charge is 2.34. The van der Waals surface area contributed by atoms with Crippen LogP contribution in [-0.2, 0) is 6.54 Å². The Bertz CT molecular complexity index is 672. The number of urea groups is 1. The zero-order chi connectivity index (χ0) is 19.8. The van der Waals surface area contributed by atoms with Gasteiger partial charge in [0.2, 0.25) is 0 Å². The monoisotopic (exact) mass is 385 g/mol. The number of nitrogens with zero attached hydrogens (tertiary/aromatic N) is 2. The van der Waals surface area contributed by atoms with Crippen molar-refractivity contribution in [2.75, 3.05) is 31.5 Å². The maximum Gasteiger partial charge on any atom is 0.321 e. The van der Waals surface area contributed by atoms with Crippen molar-refractivity contribution in [2.24, 2.45) is 10.4 Å². The minimum absolute atomic E-state index is 0.00137. The molecule has 3 rings (SSSR count). The summed E-state index contributed by atoms with van der Waals surface area (Å²) in [7, 11) is 0. The molecule has 3 N–H and O–H groups in total. The van der Waals surface area contributed by atoms with Crippen LogP contribution in [0.5, 0.6) is 0 Å². The van der Waals surface area contributed by atoms with Crippen molar-refractivity contribution in [1.82, 2.24) is 15.5 Å². The van der Waals surface area contributed by atoms with Gasteiger partial charge in [-0.05, 0) is 62.1 Å². The van der Waals surface area contributed by atoms with Gasteiger partial charge in [0, 0.05) is 31.9 Å². The van der Waals surface area contributed by atoms with Gasteiger partial charge in [-0.25, -0.2) is 9.79 Å². The molecule has 0 bridgehead atoms. The lowest BCUT2D eigenvalue weighted by Crippen LogP contribution is -2.46. The molecule has 0 spiro atoms. The molecule has 0 radical (unpaired) electrons. The number of likely N-dealkylation sites (tertiary alicyclic amines) is 1. The smallest absolute Gasteiger partial charge is 0.321 e. The first kappa shape index (κ1) is 20.5. The zero-order valence-electron chi connectivity index (χ0n) is 17.4. The first-order valence-corrected chi connectivity index (χ1v) is 10.8. The van der Waals surface area contributed by atoms with Crippen molar-refractivity contribution in [2.45, 2.75) is 58.9 Å². The minimum atomic E-state index is -0.00137. The van der Waals surface area contributed by atoms with E-state index in [4.69, 9.17) is 4.99 Å². The van der Waals surface area contributed by atoms with Crippen molar-refractivity contribution in [3.05, 3.63) is 29.8 Å². The third-order valence-electron chi connectivity index (χ3n) is 6.13. The molecule has 154 valence electrons. The molecule has 6 nitrogen and oxygen atoms in total. The van der Waals surface area contributed by atoms with E-state index in [0.717, 1.165) is 56.2 Å². The lowest BCUT2D eigenvalue weighted by molar-refractivity contribution is 0.131. The molecule has 1 aromatic rings. The van der Waals surface area contributed by atoms with E-state index < -0.39 is 0 Å². The Kier molecular flexibility index (Phi) is 7.18. The molecule has 1 saturated carbocycles. The number of carbonyl (C=O) groups excluding carboxylic acids is 1. The second-order valence-corrected chi connectivity index (χ2v) is 8.08. The molecular weight excluding hydrogens is 350 g/mol. The zero-order valence-corrected chi connectivity index (χ0v) is 17.4. The van der Waals surface area contributed by atoms with E-state index in [1.165, 1.54) is 25.7 Å². The van der Waals surface area contributed by atoms with E-state index in [2.05, 4.69) is 35.9 Å². The van der Waals surface area contributed by atoms with Gasteiger partial charge in [0.25, 0.3) is 0 Å². The Morgan fingerprint density at radius 2 is 1.93 bits per heavy atom. The maximum atomic E-state index is 12.3. The van der Waals surface area contributed by atoms with Gasteiger partial charge in [0.15, 0.2) is 5.96 Å². The van der Waals surface area contributed by atoms with Gasteiger partial charge in [0.05, 0.1) is 6.54 Å². The molecule has 0 unspecified atom stereocenters. The number of hydrogen-bond donors (Lipinski definition) is 3. The number of hydrogen-bond acceptors (Lipinski definition) is 2. The first-order valence-electron chi connectivity index (χ1n) is 10.8. The summed E-state index contributed by atoms with van der Waals surface area (Å²) in [6.45, 7) is 8.50. The van der Waals surface area contributed by atoms with Gasteiger partial charge in [-0.1, -0.05) is 25.5 Å². The quantitative estimate of drug-likeness (QED) is 0.492. The van der Waals surface area contributed by atoms with Gasteiger partial charge < -0.3 is 20.9 Å². The second-order valence-electron chi connectivity index (χ2n) is 8.08. The topological polar surface area (TPSA) is 68.8 Å². The van der Waals surface area contributed by atoms with Crippen molar-refractivity contribution in [3.63, 3.8) is 0 Å². The number of guanidine groups is 1. The molecule has 0 atom stereocenters. The van der Waals surface area contributed by atoms with E-state index in [1.54, 1.807) is 0 Å². The van der Waals surface area contributed by atoms with Crippen LogP contribution in [-0.4, -0.2) is 43.1 Å². The number of aliphatic imine (C=N–C) groups is 1. The molecule has 1 aromatic carbocycles. The molecule has 2 fully saturated rings. The largest absolute Gasteiger partial charge is 0.357 e. The summed E-state index contributed by atoms with van der Waals surface area (Å²) in [5.74, 6) is 0.869. The highest BCUT2D eigenvalue weighted by atomic mass is 16.2. The van der Waals surface area contributed by atoms with Gasteiger partial charge >= 0.3 is 6.03 Å². The maximum absolute atomic E-state index is 12.3. The average Bonchev–Trinajstić information content (AvgIpc) is 3.21. The van der Waals surface area contributed by atoms with Crippen molar-refractivity contribution < 1.29 is 4.79 Å². The fourth-order valence-corrected chi connectivity index (χ4v) is 3.99. The van der Waals surface area contributed by atoms with E-state index in [0.29, 0.717) is 12.0 Å². The van der Waals surface area contributed by atoms with Crippen LogP contribution in [0.2, 0.25) is 0 Å². The normalized spacial score (nSPS) is 18.5. The van der Waals surface area contributed by atoms with E-state index in [-0.39, 0.29) is 6.03 Å². The number of amides is 2. The summed E-state index contributed by atoms with van der Waals surface area (Å²) >= 11 is 0. The van der Waals surface area contributed by atoms with Gasteiger partial charge in [-0.2, -0.15) is 0 Å². The SMILES string of the molecule is CCNC(=NCc1cccc(NC(=O)N2CCCC2)c1)NCC1(CC)CCC1. The third kappa shape index (κ3) is 5.40. The molecule has 1 heterocycles. The summed E-state index contributed by atoms with van der Waals surface area (Å²) in [5, 5.41) is 9.89. The van der Waals surface area contributed by atoms with Crippen LogP contribution in [0.4, 0.5) is 10.5 Å². The Hall–Kier alpha value is -2.24. The van der Waals surface area contributed by atoms with Crippen LogP contribution < -0.4 is 16.0 Å². The van der Waals surface area contributed by atoms with Crippen molar-refractivity contribution in [3.8, 4) is 0 Å². The minimum Gasteiger partial charge on any atom is -0.357 e. The Morgan fingerprint density at radius 3 is 2.57 bits per heavy atom. The Balaban J connectivity index is 1.56. The number of anilines is 1. The van der Waals surface area contributed by atoms with Gasteiger partial charge in [0.1, 0.15) is 0 Å². The number of benzene rings is 1. The molecule has 1 aliphatic carbocycles. The molecule has 1 aliphatic heterocycles. The number of carbonyl (C=O) groups is 1. The van der Waals surface area contributed by atoms with Crippen molar-refractivity contribution >= 4 is 17.7 Å². The van der Waals surface area contributed by atoms with Crippen LogP contribution in [0.1, 0.15) is 57.9 Å². The average molecular weight is 386 g/mol. The lowest BCUT2D eigenvalue weighted by atomic mass is 9.67. The number of rotatable bonds is 7. The summed E-state index contributed by atoms with van der Waals surface area (Å²) in [6.07, 6.45) is 7.39. The standard InChI is InChI=1S/C22H35N5O/c1-3-22(11-8-12-22)17-25-20(23-4-2)24-16-18-9-7-10-19(15-18)26-21(28)27-13-5-6-14-27/h7,9-10,15H,3-6,8,11-14,16-17H2,1-2H3,(H,26,28)(H2,23,24,25). The molecule has 1 saturated heterocycles. The van der Waals surface area contributed by atoms with Crippen LogP contribution in [0.25, 0.3) is 0 Å². The summed E-state index contributed by atoms with van der Waals surface area (Å²) in [6, 6.07) is 7.98. The van der Waals surface area contributed by atoms with E-state index in [9.17, 15) is 4.79 Å². The molecule has 0 aromatic heterocycles. The third-order valence-corrected chi connectivity index (χ3v) is 6.13. The first-order chi connectivity index (χ1) is 13.6. The second kappa shape index (κ2) is 9.80. The highest BCUT2D eigenvalue weighted by Crippen LogP contribution is 2.42. The van der Waals surface area contributed by atoms with Crippen LogP contribution >= 0.6 is 0 Å². The van der Waals surface area contributed by atoms with Crippen LogP contribution in [0, 0.1) is 5.41 Å². The highest BCUT2D eigenvalue weighted by molar-refractivity contribution is 5.89. The Labute approximate surface area is 169 Å². The van der Waals surface area contributed by atoms with Crippen molar-refractivity contribution in [1.29, 1.82) is 0 Å². The summed E-state index contributed by atoms with van der Waals surface area (Å²) in [5.41, 5.74) is 2.38. The van der Waals surface area contributed by atoms with Crippen LogP contribution in [0.3, 0.4) is 0 Å². The molecular formula is C22H35N5O. The molecule has 2 amide bonds. The fraction of sp³-hybridized carbons (Fsp3) is 0.636. The van der Waals surface area contributed by atoms with Gasteiger partial charge in [-0.3, -0.25) is 0 Å². The predicted octanol–water partition coefficient (Wildman–Crippen LogP) is 3.95. The molecule has 2 aliphatic rings. The molecule has 6 heteroatoms. The van der Waals surface area contributed by atoms with E-state index in [1.807, 2.05) is 23.1 Å².